The molecule has 1 aliphatic heterocycles. The molecule has 116 valence electrons. The van der Waals surface area contributed by atoms with E-state index in [4.69, 9.17) is 11.6 Å². The highest BCUT2D eigenvalue weighted by Crippen LogP contribution is 2.25. The molecule has 3 rings (SSSR count). The Kier molecular flexibility index (Phi) is 4.34. The average molecular weight is 319 g/mol. The summed E-state index contributed by atoms with van der Waals surface area (Å²) < 4.78 is 1.72. The van der Waals surface area contributed by atoms with E-state index in [1.165, 1.54) is 0 Å². The Morgan fingerprint density at radius 2 is 2.36 bits per heavy atom. The summed E-state index contributed by atoms with van der Waals surface area (Å²) in [6.45, 7) is 2.61. The molecule has 0 aliphatic carbocycles. The van der Waals surface area contributed by atoms with Crippen LogP contribution in [0.1, 0.15) is 16.9 Å². The molecular weight excluding hydrogens is 300 g/mol. The monoisotopic (exact) mass is 318 g/mol. The number of halogens is 1. The maximum Gasteiger partial charge on any atom is 0.269 e. The van der Waals surface area contributed by atoms with Crippen LogP contribution in [0.4, 0.5) is 5.69 Å². The van der Waals surface area contributed by atoms with Gasteiger partial charge in [-0.05, 0) is 30.5 Å². The van der Waals surface area contributed by atoms with Gasteiger partial charge in [-0.3, -0.25) is 4.79 Å². The van der Waals surface area contributed by atoms with Crippen molar-refractivity contribution in [2.24, 2.45) is 13.0 Å². The first kappa shape index (κ1) is 14.9. The van der Waals surface area contributed by atoms with E-state index in [0.717, 1.165) is 30.2 Å². The normalized spacial score (nSPS) is 17.7. The molecule has 1 fully saturated rings. The molecule has 2 aromatic rings. The number of carbonyl (C=O) groups is 1. The van der Waals surface area contributed by atoms with E-state index in [2.05, 4.69) is 21.3 Å². The summed E-state index contributed by atoms with van der Waals surface area (Å²) in [6.07, 6.45) is 4.28. The molecule has 1 unspecified atom stereocenters. The number of hydrogen-bond donors (Lipinski definition) is 1. The summed E-state index contributed by atoms with van der Waals surface area (Å²) in [4.78, 5) is 18.4. The second kappa shape index (κ2) is 6.40. The number of nitrogens with zero attached hydrogens (tertiary/aromatic N) is 3. The van der Waals surface area contributed by atoms with E-state index < -0.39 is 0 Å². The predicted molar refractivity (Wildman–Crippen MR) is 87.3 cm³/mol. The molecule has 1 amide bonds. The third-order valence-electron chi connectivity index (χ3n) is 4.06. The Hall–Kier alpha value is -2.01. The van der Waals surface area contributed by atoms with Crippen molar-refractivity contribution < 1.29 is 4.79 Å². The lowest BCUT2D eigenvalue weighted by atomic mass is 10.1. The standard InChI is InChI=1S/C16H19ClN4O/c1-20-11-18-9-15(20)16(22)19-8-12-5-6-21(10-12)14-4-2-3-13(17)7-14/h2-4,7,9,11-12H,5-6,8,10H2,1H3,(H,19,22). The van der Waals surface area contributed by atoms with Crippen LogP contribution < -0.4 is 10.2 Å². The van der Waals surface area contributed by atoms with Gasteiger partial charge in [-0.15, -0.1) is 0 Å². The highest BCUT2D eigenvalue weighted by atomic mass is 35.5. The molecule has 5 nitrogen and oxygen atoms in total. The van der Waals surface area contributed by atoms with Crippen molar-refractivity contribution in [1.29, 1.82) is 0 Å². The van der Waals surface area contributed by atoms with E-state index in [1.54, 1.807) is 17.1 Å². The largest absolute Gasteiger partial charge is 0.371 e. The van der Waals surface area contributed by atoms with Crippen LogP contribution in [0.15, 0.2) is 36.8 Å². The van der Waals surface area contributed by atoms with Crippen molar-refractivity contribution in [2.75, 3.05) is 24.5 Å². The molecule has 1 aromatic heterocycles. The maximum atomic E-state index is 12.1. The molecule has 0 spiro atoms. The summed E-state index contributed by atoms with van der Waals surface area (Å²) in [5.74, 6) is 0.386. The lowest BCUT2D eigenvalue weighted by molar-refractivity contribution is 0.0940. The van der Waals surface area contributed by atoms with Crippen LogP contribution in [0.2, 0.25) is 5.02 Å². The fraction of sp³-hybridized carbons (Fsp3) is 0.375. The van der Waals surface area contributed by atoms with Gasteiger partial charge in [0, 0.05) is 37.4 Å². The third kappa shape index (κ3) is 3.25. The molecular formula is C16H19ClN4O. The van der Waals surface area contributed by atoms with Crippen molar-refractivity contribution in [3.8, 4) is 0 Å². The quantitative estimate of drug-likeness (QED) is 0.941. The highest BCUT2D eigenvalue weighted by molar-refractivity contribution is 6.30. The van der Waals surface area contributed by atoms with Gasteiger partial charge < -0.3 is 14.8 Å². The third-order valence-corrected chi connectivity index (χ3v) is 4.29. The maximum absolute atomic E-state index is 12.1. The van der Waals surface area contributed by atoms with Crippen LogP contribution in [-0.4, -0.2) is 35.1 Å². The molecule has 0 saturated carbocycles. The Bertz CT molecular complexity index is 670. The first-order valence-corrected chi connectivity index (χ1v) is 7.76. The minimum atomic E-state index is -0.0683. The van der Waals surface area contributed by atoms with Crippen LogP contribution in [0.5, 0.6) is 0 Å². The van der Waals surface area contributed by atoms with Gasteiger partial charge >= 0.3 is 0 Å². The molecule has 1 aromatic carbocycles. The van der Waals surface area contributed by atoms with Crippen LogP contribution >= 0.6 is 11.6 Å². The number of hydrogen-bond acceptors (Lipinski definition) is 3. The first-order valence-electron chi connectivity index (χ1n) is 7.38. The SMILES string of the molecule is Cn1cncc1C(=O)NCC1CCN(c2cccc(Cl)c2)C1. The van der Waals surface area contributed by atoms with Gasteiger partial charge in [-0.25, -0.2) is 4.98 Å². The number of rotatable bonds is 4. The van der Waals surface area contributed by atoms with Gasteiger partial charge in [-0.1, -0.05) is 17.7 Å². The van der Waals surface area contributed by atoms with Gasteiger partial charge in [0.2, 0.25) is 0 Å². The fourth-order valence-electron chi connectivity index (χ4n) is 2.81. The number of imidazole rings is 1. The minimum absolute atomic E-state index is 0.0683. The number of nitrogens with one attached hydrogen (secondary N) is 1. The molecule has 1 N–H and O–H groups in total. The van der Waals surface area contributed by atoms with Crippen molar-refractivity contribution >= 4 is 23.2 Å². The smallest absolute Gasteiger partial charge is 0.269 e. The average Bonchev–Trinajstić information content (AvgIpc) is 3.14. The van der Waals surface area contributed by atoms with Gasteiger partial charge in [0.05, 0.1) is 12.5 Å². The van der Waals surface area contributed by atoms with Crippen LogP contribution in [0, 0.1) is 5.92 Å². The molecule has 0 bridgehead atoms. The number of carbonyl (C=O) groups excluding carboxylic acids is 1. The molecule has 22 heavy (non-hydrogen) atoms. The van der Waals surface area contributed by atoms with Crippen LogP contribution in [0.3, 0.4) is 0 Å². The molecule has 1 atom stereocenters. The number of anilines is 1. The Morgan fingerprint density at radius 3 is 3.09 bits per heavy atom. The zero-order valence-electron chi connectivity index (χ0n) is 12.5. The second-order valence-corrected chi connectivity index (χ2v) is 6.12. The number of benzene rings is 1. The fourth-order valence-corrected chi connectivity index (χ4v) is 2.99. The number of aryl methyl sites for hydroxylation is 1. The minimum Gasteiger partial charge on any atom is -0.371 e. The number of aromatic nitrogens is 2. The number of amides is 1. The van der Waals surface area contributed by atoms with Gasteiger partial charge in [0.15, 0.2) is 0 Å². The van der Waals surface area contributed by atoms with Crippen molar-refractivity contribution in [3.05, 3.63) is 47.5 Å². The summed E-state index contributed by atoms with van der Waals surface area (Å²) in [5, 5.41) is 3.75. The van der Waals surface area contributed by atoms with E-state index in [1.807, 2.05) is 25.2 Å². The van der Waals surface area contributed by atoms with Gasteiger partial charge in [0.25, 0.3) is 5.91 Å². The Morgan fingerprint density at radius 1 is 1.50 bits per heavy atom. The van der Waals surface area contributed by atoms with E-state index >= 15 is 0 Å². The first-order chi connectivity index (χ1) is 10.6. The summed E-state index contributed by atoms with van der Waals surface area (Å²) in [7, 11) is 1.82. The molecule has 1 aliphatic rings. The highest BCUT2D eigenvalue weighted by Gasteiger charge is 2.23. The van der Waals surface area contributed by atoms with E-state index in [-0.39, 0.29) is 5.91 Å². The Labute approximate surface area is 134 Å². The Balaban J connectivity index is 1.53. The molecule has 0 radical (unpaired) electrons. The van der Waals surface area contributed by atoms with Gasteiger partial charge in [-0.2, -0.15) is 0 Å². The zero-order chi connectivity index (χ0) is 15.5. The van der Waals surface area contributed by atoms with Crippen LogP contribution in [0.25, 0.3) is 0 Å². The van der Waals surface area contributed by atoms with Gasteiger partial charge in [0.1, 0.15) is 5.69 Å². The lowest BCUT2D eigenvalue weighted by Crippen LogP contribution is -2.32. The summed E-state index contributed by atoms with van der Waals surface area (Å²) in [6, 6.07) is 7.91. The topological polar surface area (TPSA) is 50.2 Å². The predicted octanol–water partition coefficient (Wildman–Crippen LogP) is 2.33. The van der Waals surface area contributed by atoms with E-state index in [9.17, 15) is 4.79 Å². The summed E-state index contributed by atoms with van der Waals surface area (Å²) in [5.41, 5.74) is 1.73. The van der Waals surface area contributed by atoms with Crippen LogP contribution in [-0.2, 0) is 7.05 Å². The van der Waals surface area contributed by atoms with E-state index in [0.29, 0.717) is 18.2 Å². The van der Waals surface area contributed by atoms with Crippen molar-refractivity contribution in [1.82, 2.24) is 14.9 Å². The zero-order valence-corrected chi connectivity index (χ0v) is 13.3. The summed E-state index contributed by atoms with van der Waals surface area (Å²) >= 11 is 6.04. The second-order valence-electron chi connectivity index (χ2n) is 5.68. The molecule has 1 saturated heterocycles. The molecule has 2 heterocycles. The lowest BCUT2D eigenvalue weighted by Gasteiger charge is -2.19. The van der Waals surface area contributed by atoms with Crippen molar-refractivity contribution in [3.63, 3.8) is 0 Å². The van der Waals surface area contributed by atoms with Crippen molar-refractivity contribution in [2.45, 2.75) is 6.42 Å². The molecule has 6 heteroatoms.